The van der Waals surface area contributed by atoms with Crippen molar-refractivity contribution >= 4 is 23.3 Å². The molecule has 0 unspecified atom stereocenters. The van der Waals surface area contributed by atoms with Gasteiger partial charge in [0, 0.05) is 17.5 Å². The SMILES string of the molecule is CCN(CC)CCCNC(=O)/C=C/c1cccs1. The van der Waals surface area contributed by atoms with Gasteiger partial charge in [-0.1, -0.05) is 19.9 Å². The molecular weight excluding hydrogens is 244 g/mol. The number of carbonyl (C=O) groups is 1. The van der Waals surface area contributed by atoms with Crippen molar-refractivity contribution < 1.29 is 4.79 Å². The van der Waals surface area contributed by atoms with Crippen LogP contribution in [-0.2, 0) is 4.79 Å². The van der Waals surface area contributed by atoms with E-state index in [1.165, 1.54) is 0 Å². The Morgan fingerprint density at radius 3 is 2.83 bits per heavy atom. The molecule has 0 aliphatic carbocycles. The van der Waals surface area contributed by atoms with Crippen LogP contribution in [0.1, 0.15) is 25.1 Å². The Bertz CT molecular complexity index is 356. The second-order valence-corrected chi connectivity index (χ2v) is 5.00. The van der Waals surface area contributed by atoms with Gasteiger partial charge in [0.15, 0.2) is 0 Å². The third kappa shape index (κ3) is 5.98. The summed E-state index contributed by atoms with van der Waals surface area (Å²) >= 11 is 1.63. The number of nitrogens with one attached hydrogen (secondary N) is 1. The van der Waals surface area contributed by atoms with E-state index in [1.807, 2.05) is 23.6 Å². The minimum absolute atomic E-state index is 0.0112. The van der Waals surface area contributed by atoms with Gasteiger partial charge in [-0.3, -0.25) is 4.79 Å². The van der Waals surface area contributed by atoms with Gasteiger partial charge in [-0.2, -0.15) is 0 Å². The highest BCUT2D eigenvalue weighted by molar-refractivity contribution is 7.10. The second kappa shape index (κ2) is 8.89. The van der Waals surface area contributed by atoms with Crippen LogP contribution in [0, 0.1) is 0 Å². The highest BCUT2D eigenvalue weighted by Gasteiger charge is 1.99. The average molecular weight is 266 g/mol. The first-order chi connectivity index (χ1) is 8.76. The fourth-order valence-corrected chi connectivity index (χ4v) is 2.27. The molecule has 100 valence electrons. The number of nitrogens with zero attached hydrogens (tertiary/aromatic N) is 1. The molecule has 0 atom stereocenters. The summed E-state index contributed by atoms with van der Waals surface area (Å²) in [6.45, 7) is 8.25. The van der Waals surface area contributed by atoms with Gasteiger partial charge in [0.1, 0.15) is 0 Å². The lowest BCUT2D eigenvalue weighted by molar-refractivity contribution is -0.116. The maximum absolute atomic E-state index is 11.5. The molecule has 0 saturated carbocycles. The van der Waals surface area contributed by atoms with Gasteiger partial charge < -0.3 is 10.2 Å². The van der Waals surface area contributed by atoms with Crippen molar-refractivity contribution in [2.24, 2.45) is 0 Å². The number of hydrogen-bond donors (Lipinski definition) is 1. The topological polar surface area (TPSA) is 32.3 Å². The van der Waals surface area contributed by atoms with Crippen LogP contribution in [-0.4, -0.2) is 37.0 Å². The monoisotopic (exact) mass is 266 g/mol. The van der Waals surface area contributed by atoms with E-state index in [2.05, 4.69) is 24.1 Å². The van der Waals surface area contributed by atoms with Crippen LogP contribution in [0.3, 0.4) is 0 Å². The predicted octanol–water partition coefficient (Wildman–Crippen LogP) is 2.61. The van der Waals surface area contributed by atoms with Crippen molar-refractivity contribution in [2.75, 3.05) is 26.2 Å². The van der Waals surface area contributed by atoms with Gasteiger partial charge in [-0.05, 0) is 43.6 Å². The third-order valence-corrected chi connectivity index (χ3v) is 3.62. The summed E-state index contributed by atoms with van der Waals surface area (Å²) in [5, 5.41) is 4.90. The van der Waals surface area contributed by atoms with Crippen LogP contribution in [0.15, 0.2) is 23.6 Å². The van der Waals surface area contributed by atoms with Gasteiger partial charge in [0.25, 0.3) is 0 Å². The van der Waals surface area contributed by atoms with Crippen LogP contribution in [0.2, 0.25) is 0 Å². The maximum atomic E-state index is 11.5. The van der Waals surface area contributed by atoms with E-state index >= 15 is 0 Å². The molecule has 18 heavy (non-hydrogen) atoms. The fraction of sp³-hybridized carbons (Fsp3) is 0.500. The smallest absolute Gasteiger partial charge is 0.244 e. The summed E-state index contributed by atoms with van der Waals surface area (Å²) in [7, 11) is 0. The van der Waals surface area contributed by atoms with Gasteiger partial charge >= 0.3 is 0 Å². The Balaban J connectivity index is 2.14. The van der Waals surface area contributed by atoms with Crippen molar-refractivity contribution in [2.45, 2.75) is 20.3 Å². The standard InChI is InChI=1S/C14H22N2OS/c1-3-16(4-2)11-6-10-15-14(17)9-8-13-7-5-12-18-13/h5,7-9,12H,3-4,6,10-11H2,1-2H3,(H,15,17)/b9-8+. The molecule has 1 amide bonds. The summed E-state index contributed by atoms with van der Waals surface area (Å²) in [4.78, 5) is 15.0. The molecule has 0 aliphatic heterocycles. The van der Waals surface area contributed by atoms with Crippen molar-refractivity contribution in [1.29, 1.82) is 0 Å². The fourth-order valence-electron chi connectivity index (χ4n) is 1.66. The Morgan fingerprint density at radius 1 is 1.44 bits per heavy atom. The zero-order valence-electron chi connectivity index (χ0n) is 11.2. The molecule has 0 spiro atoms. The molecule has 1 rings (SSSR count). The zero-order valence-corrected chi connectivity index (χ0v) is 12.0. The quantitative estimate of drug-likeness (QED) is 0.579. The lowest BCUT2D eigenvalue weighted by Gasteiger charge is -2.17. The molecule has 0 radical (unpaired) electrons. The first-order valence-electron chi connectivity index (χ1n) is 6.48. The Morgan fingerprint density at radius 2 is 2.22 bits per heavy atom. The number of rotatable bonds is 8. The van der Waals surface area contributed by atoms with Gasteiger partial charge in [-0.15, -0.1) is 11.3 Å². The Hall–Kier alpha value is -1.13. The van der Waals surface area contributed by atoms with Crippen molar-refractivity contribution in [3.05, 3.63) is 28.5 Å². The highest BCUT2D eigenvalue weighted by Crippen LogP contribution is 2.09. The number of thiophene rings is 1. The Labute approximate surface area is 114 Å². The highest BCUT2D eigenvalue weighted by atomic mass is 32.1. The number of amides is 1. The number of carbonyl (C=O) groups excluding carboxylic acids is 1. The lowest BCUT2D eigenvalue weighted by atomic mass is 10.3. The molecule has 1 aromatic rings. The first-order valence-corrected chi connectivity index (χ1v) is 7.36. The summed E-state index contributed by atoms with van der Waals surface area (Å²) in [6.07, 6.45) is 4.45. The molecular formula is C14H22N2OS. The molecule has 1 aromatic heterocycles. The van der Waals surface area contributed by atoms with Crippen LogP contribution in [0.25, 0.3) is 6.08 Å². The van der Waals surface area contributed by atoms with Gasteiger partial charge in [-0.25, -0.2) is 0 Å². The summed E-state index contributed by atoms with van der Waals surface area (Å²) < 4.78 is 0. The summed E-state index contributed by atoms with van der Waals surface area (Å²) in [5.41, 5.74) is 0. The molecule has 0 bridgehead atoms. The van der Waals surface area contributed by atoms with E-state index in [0.29, 0.717) is 0 Å². The van der Waals surface area contributed by atoms with Gasteiger partial charge in [0.2, 0.25) is 5.91 Å². The van der Waals surface area contributed by atoms with Crippen LogP contribution >= 0.6 is 11.3 Å². The minimum Gasteiger partial charge on any atom is -0.353 e. The van der Waals surface area contributed by atoms with E-state index in [1.54, 1.807) is 17.4 Å². The molecule has 1 heterocycles. The molecule has 0 fully saturated rings. The lowest BCUT2D eigenvalue weighted by Crippen LogP contribution is -2.29. The predicted molar refractivity (Wildman–Crippen MR) is 78.8 cm³/mol. The minimum atomic E-state index is -0.0112. The van der Waals surface area contributed by atoms with E-state index in [4.69, 9.17) is 0 Å². The first kappa shape index (κ1) is 14.9. The molecule has 1 N–H and O–H groups in total. The molecule has 0 aromatic carbocycles. The van der Waals surface area contributed by atoms with E-state index in [-0.39, 0.29) is 5.91 Å². The average Bonchev–Trinajstić information content (AvgIpc) is 2.90. The van der Waals surface area contributed by atoms with E-state index in [0.717, 1.165) is 37.5 Å². The maximum Gasteiger partial charge on any atom is 0.244 e. The molecule has 3 nitrogen and oxygen atoms in total. The second-order valence-electron chi connectivity index (χ2n) is 4.02. The molecule has 0 aliphatic rings. The van der Waals surface area contributed by atoms with Crippen LogP contribution in [0.5, 0.6) is 0 Å². The summed E-state index contributed by atoms with van der Waals surface area (Å²) in [5.74, 6) is -0.0112. The van der Waals surface area contributed by atoms with Crippen molar-refractivity contribution in [1.82, 2.24) is 10.2 Å². The zero-order chi connectivity index (χ0) is 13.2. The van der Waals surface area contributed by atoms with Crippen molar-refractivity contribution in [3.8, 4) is 0 Å². The van der Waals surface area contributed by atoms with Crippen molar-refractivity contribution in [3.63, 3.8) is 0 Å². The summed E-state index contributed by atoms with van der Waals surface area (Å²) in [6, 6.07) is 3.97. The Kier molecular flexibility index (Phi) is 7.37. The molecule has 4 heteroatoms. The van der Waals surface area contributed by atoms with Crippen LogP contribution < -0.4 is 5.32 Å². The van der Waals surface area contributed by atoms with E-state index in [9.17, 15) is 4.79 Å². The molecule has 0 saturated heterocycles. The van der Waals surface area contributed by atoms with E-state index < -0.39 is 0 Å². The normalized spacial score (nSPS) is 11.3. The largest absolute Gasteiger partial charge is 0.353 e. The van der Waals surface area contributed by atoms with Gasteiger partial charge in [0.05, 0.1) is 0 Å². The third-order valence-electron chi connectivity index (χ3n) is 2.79. The van der Waals surface area contributed by atoms with Crippen LogP contribution in [0.4, 0.5) is 0 Å². The number of hydrogen-bond acceptors (Lipinski definition) is 3.